The molecule has 2 aromatic carbocycles. The molecule has 0 bridgehead atoms. The second-order valence-electron chi connectivity index (χ2n) is 4.66. The van der Waals surface area contributed by atoms with E-state index in [2.05, 4.69) is 9.93 Å². The Morgan fingerprint density at radius 2 is 1.81 bits per heavy atom. The lowest BCUT2D eigenvalue weighted by Gasteiger charge is -2.06. The van der Waals surface area contributed by atoms with Gasteiger partial charge in [-0.3, -0.25) is 0 Å². The van der Waals surface area contributed by atoms with Crippen molar-refractivity contribution in [3.8, 4) is 5.75 Å². The van der Waals surface area contributed by atoms with Crippen molar-refractivity contribution in [2.24, 2.45) is 5.10 Å². The number of nitrogens with zero attached hydrogens (tertiary/aromatic N) is 1. The first-order valence-corrected chi connectivity index (χ1v) is 7.78. The topological polar surface area (TPSA) is 78.8 Å². The van der Waals surface area contributed by atoms with E-state index >= 15 is 0 Å². The van der Waals surface area contributed by atoms with Crippen molar-refractivity contribution in [2.45, 2.75) is 18.7 Å². The van der Waals surface area contributed by atoms with Crippen LogP contribution in [0.3, 0.4) is 0 Å². The Morgan fingerprint density at radius 1 is 1.10 bits per heavy atom. The van der Waals surface area contributed by atoms with E-state index in [1.807, 2.05) is 13.8 Å². The molecule has 0 unspecified atom stereocenters. The summed E-state index contributed by atoms with van der Waals surface area (Å²) in [4.78, 5) is 2.28. The minimum atomic E-state index is -3.71. The van der Waals surface area contributed by atoms with E-state index in [1.165, 1.54) is 18.3 Å². The fourth-order valence-electron chi connectivity index (χ4n) is 1.70. The second-order valence-corrected chi connectivity index (χ2v) is 6.32. The number of hydrogen-bond donors (Lipinski definition) is 2. The summed E-state index contributed by atoms with van der Waals surface area (Å²) in [6.45, 7) is 3.76. The maximum absolute atomic E-state index is 12.1. The average Bonchev–Trinajstić information content (AvgIpc) is 2.44. The third-order valence-corrected chi connectivity index (χ3v) is 4.32. The van der Waals surface area contributed by atoms with Crippen molar-refractivity contribution >= 4 is 16.2 Å². The highest BCUT2D eigenvalue weighted by Crippen LogP contribution is 2.15. The summed E-state index contributed by atoms with van der Waals surface area (Å²) in [6.07, 6.45) is 1.26. The molecule has 0 spiro atoms. The lowest BCUT2D eigenvalue weighted by atomic mass is 10.1. The molecule has 0 aliphatic rings. The van der Waals surface area contributed by atoms with Gasteiger partial charge >= 0.3 is 0 Å². The SMILES string of the molecule is Cc1ccc(S(=O)(=O)N/N=C/c2ccccc2O)cc1C. The Morgan fingerprint density at radius 3 is 2.48 bits per heavy atom. The van der Waals surface area contributed by atoms with Gasteiger partial charge in [0.1, 0.15) is 5.75 Å². The summed E-state index contributed by atoms with van der Waals surface area (Å²) < 4.78 is 24.2. The summed E-state index contributed by atoms with van der Waals surface area (Å²) in [6, 6.07) is 11.4. The third kappa shape index (κ3) is 3.61. The highest BCUT2D eigenvalue weighted by molar-refractivity contribution is 7.89. The number of aromatic hydroxyl groups is 1. The van der Waals surface area contributed by atoms with Crippen LogP contribution in [0.15, 0.2) is 52.5 Å². The van der Waals surface area contributed by atoms with E-state index in [0.29, 0.717) is 5.56 Å². The zero-order chi connectivity index (χ0) is 15.5. The van der Waals surface area contributed by atoms with Gasteiger partial charge in [0.15, 0.2) is 0 Å². The smallest absolute Gasteiger partial charge is 0.276 e. The van der Waals surface area contributed by atoms with E-state index < -0.39 is 10.0 Å². The van der Waals surface area contributed by atoms with E-state index in [1.54, 1.807) is 30.3 Å². The quantitative estimate of drug-likeness (QED) is 0.672. The van der Waals surface area contributed by atoms with Gasteiger partial charge in [-0.2, -0.15) is 13.5 Å². The Labute approximate surface area is 124 Å². The number of phenolic OH excluding ortho intramolecular Hbond substituents is 1. The minimum absolute atomic E-state index is 0.0339. The minimum Gasteiger partial charge on any atom is -0.507 e. The molecule has 6 heteroatoms. The molecule has 110 valence electrons. The fraction of sp³-hybridized carbons (Fsp3) is 0.133. The summed E-state index contributed by atoms with van der Waals surface area (Å²) in [5.74, 6) is 0.0339. The number of para-hydroxylation sites is 1. The number of benzene rings is 2. The molecule has 21 heavy (non-hydrogen) atoms. The molecular weight excluding hydrogens is 288 g/mol. The summed E-state index contributed by atoms with van der Waals surface area (Å²) in [7, 11) is -3.71. The van der Waals surface area contributed by atoms with Gasteiger partial charge in [-0.1, -0.05) is 18.2 Å². The lowest BCUT2D eigenvalue weighted by Crippen LogP contribution is -2.18. The van der Waals surface area contributed by atoms with Crippen LogP contribution < -0.4 is 4.83 Å². The van der Waals surface area contributed by atoms with Crippen molar-refractivity contribution in [2.75, 3.05) is 0 Å². The normalized spacial score (nSPS) is 11.7. The highest BCUT2D eigenvalue weighted by Gasteiger charge is 2.13. The Kier molecular flexibility index (Phi) is 4.28. The molecule has 0 heterocycles. The predicted octanol–water partition coefficient (Wildman–Crippen LogP) is 2.32. The van der Waals surface area contributed by atoms with Crippen LogP contribution in [0.4, 0.5) is 0 Å². The highest BCUT2D eigenvalue weighted by atomic mass is 32.2. The maximum Gasteiger partial charge on any atom is 0.276 e. The van der Waals surface area contributed by atoms with Crippen molar-refractivity contribution in [1.82, 2.24) is 4.83 Å². The first-order valence-electron chi connectivity index (χ1n) is 6.30. The van der Waals surface area contributed by atoms with Crippen molar-refractivity contribution in [3.63, 3.8) is 0 Å². The van der Waals surface area contributed by atoms with Gasteiger partial charge in [0.2, 0.25) is 0 Å². The molecule has 0 fully saturated rings. The molecule has 0 saturated carbocycles. The number of sulfonamides is 1. The van der Waals surface area contributed by atoms with E-state index in [4.69, 9.17) is 0 Å². The monoisotopic (exact) mass is 304 g/mol. The molecule has 0 saturated heterocycles. The maximum atomic E-state index is 12.1. The molecule has 0 radical (unpaired) electrons. The van der Waals surface area contributed by atoms with Crippen LogP contribution in [-0.4, -0.2) is 19.7 Å². The van der Waals surface area contributed by atoms with Crippen molar-refractivity contribution < 1.29 is 13.5 Å². The van der Waals surface area contributed by atoms with Crippen LogP contribution in [0.1, 0.15) is 16.7 Å². The largest absolute Gasteiger partial charge is 0.507 e. The molecule has 0 atom stereocenters. The van der Waals surface area contributed by atoms with Gasteiger partial charge in [0.25, 0.3) is 10.0 Å². The number of rotatable bonds is 4. The molecule has 2 rings (SSSR count). The standard InChI is InChI=1S/C15H16N2O3S/c1-11-7-8-14(9-12(11)2)21(19,20)17-16-10-13-5-3-4-6-15(13)18/h3-10,17-18H,1-2H3/b16-10+. The van der Waals surface area contributed by atoms with Gasteiger partial charge < -0.3 is 5.11 Å². The van der Waals surface area contributed by atoms with E-state index in [-0.39, 0.29) is 10.6 Å². The van der Waals surface area contributed by atoms with Crippen LogP contribution in [0.25, 0.3) is 0 Å². The molecule has 2 N–H and O–H groups in total. The summed E-state index contributed by atoms with van der Waals surface area (Å²) in [5, 5.41) is 13.2. The van der Waals surface area contributed by atoms with Gasteiger partial charge in [0.05, 0.1) is 11.1 Å². The van der Waals surface area contributed by atoms with Crippen LogP contribution in [0, 0.1) is 13.8 Å². The van der Waals surface area contributed by atoms with Crippen LogP contribution in [-0.2, 0) is 10.0 Å². The molecule has 0 aliphatic carbocycles. The van der Waals surface area contributed by atoms with Gasteiger partial charge in [-0.25, -0.2) is 4.83 Å². The zero-order valence-electron chi connectivity index (χ0n) is 11.7. The van der Waals surface area contributed by atoms with Crippen LogP contribution >= 0.6 is 0 Å². The van der Waals surface area contributed by atoms with E-state index in [0.717, 1.165) is 11.1 Å². The van der Waals surface area contributed by atoms with Gasteiger partial charge in [-0.05, 0) is 49.2 Å². The first kappa shape index (κ1) is 15.1. The summed E-state index contributed by atoms with van der Waals surface area (Å²) in [5.41, 5.74) is 2.34. The molecule has 0 aliphatic heterocycles. The Hall–Kier alpha value is -2.34. The number of hydrogen-bond acceptors (Lipinski definition) is 4. The fourth-order valence-corrected chi connectivity index (χ4v) is 2.57. The lowest BCUT2D eigenvalue weighted by molar-refractivity contribution is 0.474. The number of aryl methyl sites for hydroxylation is 2. The number of hydrazone groups is 1. The van der Waals surface area contributed by atoms with Crippen LogP contribution in [0.2, 0.25) is 0 Å². The van der Waals surface area contributed by atoms with Crippen molar-refractivity contribution in [1.29, 1.82) is 0 Å². The molecule has 5 nitrogen and oxygen atoms in total. The Bertz CT molecular complexity index is 783. The number of nitrogens with one attached hydrogen (secondary N) is 1. The van der Waals surface area contributed by atoms with Gasteiger partial charge in [0, 0.05) is 5.56 Å². The molecule has 0 amide bonds. The van der Waals surface area contributed by atoms with Crippen LogP contribution in [0.5, 0.6) is 5.75 Å². The zero-order valence-corrected chi connectivity index (χ0v) is 12.6. The average molecular weight is 304 g/mol. The van der Waals surface area contributed by atoms with E-state index in [9.17, 15) is 13.5 Å². The molecule has 2 aromatic rings. The van der Waals surface area contributed by atoms with Gasteiger partial charge in [-0.15, -0.1) is 0 Å². The Balaban J connectivity index is 2.18. The third-order valence-electron chi connectivity index (χ3n) is 3.10. The first-order chi connectivity index (χ1) is 9.90. The molecular formula is C15H16N2O3S. The second kappa shape index (κ2) is 5.97. The van der Waals surface area contributed by atoms with Crippen molar-refractivity contribution in [3.05, 3.63) is 59.2 Å². The summed E-state index contributed by atoms with van der Waals surface area (Å²) >= 11 is 0. The predicted molar refractivity (Wildman–Crippen MR) is 81.9 cm³/mol. The number of phenols is 1. The molecule has 0 aromatic heterocycles.